The molecule has 0 bridgehead atoms. The van der Waals surface area contributed by atoms with Crippen molar-refractivity contribution < 1.29 is 9.31 Å². The SMILES string of the molecule is BB1OCC(C)(C)CO1. The molecule has 0 spiro atoms. The fraction of sp³-hybridized carbons (Fsp3) is 1.00. The minimum Gasteiger partial charge on any atom is -0.417 e. The van der Waals surface area contributed by atoms with Crippen molar-refractivity contribution in [3.8, 4) is 0 Å². The lowest BCUT2D eigenvalue weighted by atomic mass is 9.61. The van der Waals surface area contributed by atoms with E-state index in [1.54, 1.807) is 0 Å². The number of rotatable bonds is 0. The Morgan fingerprint density at radius 1 is 1.33 bits per heavy atom. The molecule has 1 rings (SSSR count). The molecule has 0 aromatic carbocycles. The van der Waals surface area contributed by atoms with E-state index in [9.17, 15) is 0 Å². The average Bonchev–Trinajstić information content (AvgIpc) is 1.78. The summed E-state index contributed by atoms with van der Waals surface area (Å²) >= 11 is 0. The van der Waals surface area contributed by atoms with Gasteiger partial charge >= 0.3 is 7.01 Å². The van der Waals surface area contributed by atoms with Crippen molar-refractivity contribution in [3.05, 3.63) is 0 Å². The maximum absolute atomic E-state index is 5.27. The smallest absolute Gasteiger partial charge is 0.397 e. The van der Waals surface area contributed by atoms with Gasteiger partial charge in [0.2, 0.25) is 0 Å². The quantitative estimate of drug-likeness (QED) is 0.414. The fourth-order valence-corrected chi connectivity index (χ4v) is 0.776. The second kappa shape index (κ2) is 2.35. The zero-order valence-corrected chi connectivity index (χ0v) is 6.31. The molecule has 9 heavy (non-hydrogen) atoms. The molecule has 0 atom stereocenters. The molecule has 4 heteroatoms. The first-order valence-corrected chi connectivity index (χ1v) is 3.33. The van der Waals surface area contributed by atoms with Gasteiger partial charge in [0.15, 0.2) is 7.74 Å². The second-order valence-corrected chi connectivity index (χ2v) is 3.35. The van der Waals surface area contributed by atoms with Crippen LogP contribution in [0.2, 0.25) is 0 Å². The van der Waals surface area contributed by atoms with Gasteiger partial charge in [0.1, 0.15) is 0 Å². The van der Waals surface area contributed by atoms with Crippen LogP contribution in [0, 0.1) is 5.41 Å². The van der Waals surface area contributed by atoms with Crippen LogP contribution in [-0.2, 0) is 9.31 Å². The lowest BCUT2D eigenvalue weighted by Gasteiger charge is -2.32. The summed E-state index contributed by atoms with van der Waals surface area (Å²) in [6.45, 7) is 5.90. The van der Waals surface area contributed by atoms with Crippen LogP contribution in [0.1, 0.15) is 13.8 Å². The van der Waals surface area contributed by atoms with E-state index in [-0.39, 0.29) is 12.4 Å². The molecule has 0 saturated carbocycles. The van der Waals surface area contributed by atoms with Crippen LogP contribution in [-0.4, -0.2) is 28.0 Å². The van der Waals surface area contributed by atoms with Crippen LogP contribution >= 0.6 is 0 Å². The highest BCUT2D eigenvalue weighted by atomic mass is 16.6. The van der Waals surface area contributed by atoms with Crippen LogP contribution in [0.5, 0.6) is 0 Å². The van der Waals surface area contributed by atoms with E-state index in [0.717, 1.165) is 13.2 Å². The van der Waals surface area contributed by atoms with Gasteiger partial charge in [-0.2, -0.15) is 0 Å². The molecule has 1 aliphatic heterocycles. The maximum atomic E-state index is 5.27. The third-order valence-electron chi connectivity index (χ3n) is 1.42. The van der Waals surface area contributed by atoms with Crippen molar-refractivity contribution >= 4 is 14.7 Å². The van der Waals surface area contributed by atoms with E-state index in [0.29, 0.717) is 0 Å². The van der Waals surface area contributed by atoms with Crippen LogP contribution in [0.15, 0.2) is 0 Å². The lowest BCUT2D eigenvalue weighted by Crippen LogP contribution is -2.40. The topological polar surface area (TPSA) is 18.5 Å². The fourth-order valence-electron chi connectivity index (χ4n) is 0.776. The van der Waals surface area contributed by atoms with Gasteiger partial charge in [-0.25, -0.2) is 0 Å². The molecule has 0 N–H and O–H groups in total. The molecular formula is C5H12B2O2. The zero-order chi connectivity index (χ0) is 6.91. The molecule has 0 aliphatic carbocycles. The standard InChI is InChI=1S/C5H12B2O2/c1-5(2)3-8-7(6)9-4-5/h3-4,6H2,1-2H3. The van der Waals surface area contributed by atoms with Crippen LogP contribution in [0.3, 0.4) is 0 Å². The van der Waals surface area contributed by atoms with Crippen molar-refractivity contribution in [3.63, 3.8) is 0 Å². The van der Waals surface area contributed by atoms with E-state index in [2.05, 4.69) is 13.8 Å². The zero-order valence-electron chi connectivity index (χ0n) is 6.31. The molecule has 1 fully saturated rings. The Kier molecular flexibility index (Phi) is 1.87. The van der Waals surface area contributed by atoms with Gasteiger partial charge in [-0.1, -0.05) is 13.8 Å². The van der Waals surface area contributed by atoms with E-state index in [1.807, 2.05) is 7.74 Å². The van der Waals surface area contributed by atoms with Gasteiger partial charge in [-0.15, -0.1) is 0 Å². The van der Waals surface area contributed by atoms with Gasteiger partial charge in [-0.3, -0.25) is 0 Å². The summed E-state index contributed by atoms with van der Waals surface area (Å²) in [6.07, 6.45) is 0. The summed E-state index contributed by atoms with van der Waals surface area (Å²) in [6, 6.07) is 0. The average molecular weight is 126 g/mol. The normalized spacial score (nSPS) is 26.2. The lowest BCUT2D eigenvalue weighted by molar-refractivity contribution is 0.0377. The molecule has 50 valence electrons. The predicted octanol–water partition coefficient (Wildman–Crippen LogP) is -0.323. The Morgan fingerprint density at radius 2 is 1.78 bits per heavy atom. The van der Waals surface area contributed by atoms with Gasteiger partial charge in [0.25, 0.3) is 0 Å². The van der Waals surface area contributed by atoms with E-state index in [1.165, 1.54) is 0 Å². The largest absolute Gasteiger partial charge is 0.417 e. The Labute approximate surface area is 57.4 Å². The highest BCUT2D eigenvalue weighted by Crippen LogP contribution is 2.19. The third-order valence-corrected chi connectivity index (χ3v) is 1.42. The second-order valence-electron chi connectivity index (χ2n) is 3.35. The summed E-state index contributed by atoms with van der Waals surface area (Å²) in [4.78, 5) is 0. The highest BCUT2D eigenvalue weighted by Gasteiger charge is 2.27. The summed E-state index contributed by atoms with van der Waals surface area (Å²) in [5, 5.41) is 0. The van der Waals surface area contributed by atoms with Crippen molar-refractivity contribution in [1.82, 2.24) is 0 Å². The summed E-state index contributed by atoms with van der Waals surface area (Å²) < 4.78 is 10.5. The first-order chi connectivity index (χ1) is 4.10. The summed E-state index contributed by atoms with van der Waals surface area (Å²) in [7, 11) is 1.92. The molecular weight excluding hydrogens is 114 g/mol. The molecule has 1 saturated heterocycles. The first-order valence-electron chi connectivity index (χ1n) is 3.33. The third kappa shape index (κ3) is 2.03. The van der Waals surface area contributed by atoms with Crippen LogP contribution in [0.4, 0.5) is 0 Å². The van der Waals surface area contributed by atoms with Crippen molar-refractivity contribution in [1.29, 1.82) is 0 Å². The highest BCUT2D eigenvalue weighted by molar-refractivity contribution is 6.95. The minimum absolute atomic E-state index is 0.00183. The van der Waals surface area contributed by atoms with Gasteiger partial charge in [-0.05, 0) is 0 Å². The van der Waals surface area contributed by atoms with Crippen molar-refractivity contribution in [2.75, 3.05) is 13.2 Å². The van der Waals surface area contributed by atoms with Gasteiger partial charge < -0.3 is 9.31 Å². The Balaban J connectivity index is 2.35. The molecule has 1 aliphatic rings. The van der Waals surface area contributed by atoms with Gasteiger partial charge in [0.05, 0.1) is 0 Å². The minimum atomic E-state index is -0.00183. The van der Waals surface area contributed by atoms with Crippen molar-refractivity contribution in [2.24, 2.45) is 5.41 Å². The molecule has 0 aromatic heterocycles. The van der Waals surface area contributed by atoms with E-state index in [4.69, 9.17) is 9.31 Å². The molecule has 0 aromatic rings. The Morgan fingerprint density at radius 3 is 2.11 bits per heavy atom. The van der Waals surface area contributed by atoms with E-state index >= 15 is 0 Å². The van der Waals surface area contributed by atoms with Crippen molar-refractivity contribution in [2.45, 2.75) is 13.8 Å². The monoisotopic (exact) mass is 126 g/mol. The number of hydrogen-bond donors (Lipinski definition) is 0. The Bertz CT molecular complexity index is 95.1. The predicted molar refractivity (Wildman–Crippen MR) is 40.0 cm³/mol. The van der Waals surface area contributed by atoms with E-state index < -0.39 is 0 Å². The number of hydrogen-bond acceptors (Lipinski definition) is 2. The maximum Gasteiger partial charge on any atom is 0.397 e. The summed E-state index contributed by atoms with van der Waals surface area (Å²) in [5.74, 6) is 0. The molecule has 1 heterocycles. The van der Waals surface area contributed by atoms with Gasteiger partial charge in [0, 0.05) is 18.6 Å². The molecule has 2 nitrogen and oxygen atoms in total. The van der Waals surface area contributed by atoms with Crippen LogP contribution in [0.25, 0.3) is 0 Å². The molecule has 0 amide bonds. The summed E-state index contributed by atoms with van der Waals surface area (Å²) in [5.41, 5.74) is 0.215. The molecule has 0 radical (unpaired) electrons. The molecule has 0 unspecified atom stereocenters. The first kappa shape index (κ1) is 7.16. The Hall–Kier alpha value is 0.0499. The van der Waals surface area contributed by atoms with Crippen LogP contribution < -0.4 is 0 Å².